The van der Waals surface area contributed by atoms with Crippen molar-refractivity contribution in [1.82, 2.24) is 9.97 Å². The molecule has 3 rings (SSSR count). The van der Waals surface area contributed by atoms with Crippen molar-refractivity contribution in [1.29, 1.82) is 0 Å². The number of amides is 1. The number of rotatable bonds is 4. The molecule has 5 nitrogen and oxygen atoms in total. The van der Waals surface area contributed by atoms with Crippen molar-refractivity contribution in [3.63, 3.8) is 0 Å². The molecule has 2 aromatic rings. The summed E-state index contributed by atoms with van der Waals surface area (Å²) >= 11 is 12.0. The van der Waals surface area contributed by atoms with E-state index in [2.05, 4.69) is 20.6 Å². The van der Waals surface area contributed by atoms with Gasteiger partial charge in [0.2, 0.25) is 0 Å². The molecule has 1 fully saturated rings. The molecule has 1 heterocycles. The largest absolute Gasteiger partial charge is 0.367 e. The van der Waals surface area contributed by atoms with E-state index in [1.54, 1.807) is 31.2 Å². The number of hydrogen-bond acceptors (Lipinski definition) is 4. The fourth-order valence-corrected chi connectivity index (χ4v) is 2.33. The summed E-state index contributed by atoms with van der Waals surface area (Å²) in [4.78, 5) is 20.8. The van der Waals surface area contributed by atoms with E-state index >= 15 is 0 Å². The van der Waals surface area contributed by atoms with Gasteiger partial charge < -0.3 is 10.6 Å². The van der Waals surface area contributed by atoms with Crippen molar-refractivity contribution in [2.75, 3.05) is 10.6 Å². The molecule has 22 heavy (non-hydrogen) atoms. The van der Waals surface area contributed by atoms with Gasteiger partial charge in [-0.05, 0) is 31.9 Å². The SMILES string of the molecule is Cc1nc(NC2CC2)cc(C(=O)Nc2cccc(Cl)c2Cl)n1. The molecule has 1 aromatic carbocycles. The Morgan fingerprint density at radius 2 is 2.05 bits per heavy atom. The van der Waals surface area contributed by atoms with Gasteiger partial charge in [-0.2, -0.15) is 0 Å². The lowest BCUT2D eigenvalue weighted by molar-refractivity contribution is 0.102. The second-order valence-corrected chi connectivity index (χ2v) is 5.94. The summed E-state index contributed by atoms with van der Waals surface area (Å²) in [5.74, 6) is 0.846. The van der Waals surface area contributed by atoms with E-state index in [0.29, 0.717) is 33.4 Å². The zero-order chi connectivity index (χ0) is 15.7. The molecule has 0 unspecified atom stereocenters. The van der Waals surface area contributed by atoms with Gasteiger partial charge in [-0.1, -0.05) is 29.3 Å². The lowest BCUT2D eigenvalue weighted by Crippen LogP contribution is -2.16. The number of aromatic nitrogens is 2. The van der Waals surface area contributed by atoms with Crippen LogP contribution in [0.3, 0.4) is 0 Å². The number of anilines is 2. The lowest BCUT2D eigenvalue weighted by atomic mass is 10.3. The molecule has 0 aliphatic heterocycles. The van der Waals surface area contributed by atoms with Crippen LogP contribution in [0.25, 0.3) is 0 Å². The van der Waals surface area contributed by atoms with E-state index in [1.807, 2.05) is 0 Å². The predicted octanol–water partition coefficient (Wildman–Crippen LogP) is 3.92. The molecule has 0 spiro atoms. The predicted molar refractivity (Wildman–Crippen MR) is 87.8 cm³/mol. The molecule has 1 aromatic heterocycles. The molecular weight excluding hydrogens is 323 g/mol. The normalized spacial score (nSPS) is 13.8. The molecule has 1 aliphatic carbocycles. The zero-order valence-electron chi connectivity index (χ0n) is 11.9. The number of benzene rings is 1. The van der Waals surface area contributed by atoms with E-state index < -0.39 is 0 Å². The maximum absolute atomic E-state index is 12.4. The number of aryl methyl sites for hydroxylation is 1. The Bertz CT molecular complexity index is 731. The van der Waals surface area contributed by atoms with Crippen LogP contribution in [0, 0.1) is 6.92 Å². The maximum Gasteiger partial charge on any atom is 0.274 e. The highest BCUT2D eigenvalue weighted by Gasteiger charge is 2.22. The van der Waals surface area contributed by atoms with Crippen molar-refractivity contribution in [3.8, 4) is 0 Å². The van der Waals surface area contributed by atoms with Crippen molar-refractivity contribution < 1.29 is 4.79 Å². The second-order valence-electron chi connectivity index (χ2n) is 5.16. The van der Waals surface area contributed by atoms with Gasteiger partial charge in [-0.3, -0.25) is 4.79 Å². The monoisotopic (exact) mass is 336 g/mol. The third kappa shape index (κ3) is 3.48. The average Bonchev–Trinajstić information content (AvgIpc) is 3.27. The van der Waals surface area contributed by atoms with Gasteiger partial charge in [0.25, 0.3) is 5.91 Å². The first-order valence-corrected chi connectivity index (χ1v) is 7.66. The Balaban J connectivity index is 1.82. The van der Waals surface area contributed by atoms with Gasteiger partial charge in [-0.15, -0.1) is 0 Å². The lowest BCUT2D eigenvalue weighted by Gasteiger charge is -2.10. The Morgan fingerprint density at radius 1 is 1.27 bits per heavy atom. The van der Waals surface area contributed by atoms with E-state index in [9.17, 15) is 4.79 Å². The van der Waals surface area contributed by atoms with Crippen LogP contribution in [0.4, 0.5) is 11.5 Å². The van der Waals surface area contributed by atoms with Crippen LogP contribution in [-0.2, 0) is 0 Å². The van der Waals surface area contributed by atoms with Gasteiger partial charge in [0.1, 0.15) is 17.3 Å². The zero-order valence-corrected chi connectivity index (χ0v) is 13.4. The molecule has 1 aliphatic rings. The van der Waals surface area contributed by atoms with Crippen LogP contribution < -0.4 is 10.6 Å². The molecule has 0 radical (unpaired) electrons. The van der Waals surface area contributed by atoms with Crippen LogP contribution in [0.1, 0.15) is 29.2 Å². The van der Waals surface area contributed by atoms with Gasteiger partial charge in [-0.25, -0.2) is 9.97 Å². The smallest absolute Gasteiger partial charge is 0.274 e. The average molecular weight is 337 g/mol. The Morgan fingerprint density at radius 3 is 2.77 bits per heavy atom. The van der Waals surface area contributed by atoms with E-state index in [0.717, 1.165) is 12.8 Å². The quantitative estimate of drug-likeness (QED) is 0.887. The van der Waals surface area contributed by atoms with Gasteiger partial charge in [0.05, 0.1) is 15.7 Å². The van der Waals surface area contributed by atoms with Crippen LogP contribution >= 0.6 is 23.2 Å². The maximum atomic E-state index is 12.4. The van der Waals surface area contributed by atoms with Crippen molar-refractivity contribution in [2.24, 2.45) is 0 Å². The van der Waals surface area contributed by atoms with Crippen LogP contribution in [-0.4, -0.2) is 21.9 Å². The Kier molecular flexibility index (Phi) is 4.18. The standard InChI is InChI=1S/C15H14Cl2N4O/c1-8-18-12(7-13(19-8)20-9-5-6-9)15(22)21-11-4-2-3-10(16)14(11)17/h2-4,7,9H,5-6H2,1H3,(H,21,22)(H,18,19,20). The summed E-state index contributed by atoms with van der Waals surface area (Å²) in [7, 11) is 0. The molecular formula is C15H14Cl2N4O. The van der Waals surface area contributed by atoms with E-state index in [4.69, 9.17) is 23.2 Å². The highest BCUT2D eigenvalue weighted by atomic mass is 35.5. The highest BCUT2D eigenvalue weighted by Crippen LogP contribution is 2.30. The Hall–Kier alpha value is -1.85. The van der Waals surface area contributed by atoms with E-state index in [-0.39, 0.29) is 11.6 Å². The number of hydrogen-bond donors (Lipinski definition) is 2. The first-order valence-electron chi connectivity index (χ1n) is 6.90. The fraction of sp³-hybridized carbons (Fsp3) is 0.267. The molecule has 7 heteroatoms. The van der Waals surface area contributed by atoms with Gasteiger partial charge in [0, 0.05) is 12.1 Å². The summed E-state index contributed by atoms with van der Waals surface area (Å²) in [5, 5.41) is 6.66. The fourth-order valence-electron chi connectivity index (χ4n) is 1.98. The van der Waals surface area contributed by atoms with Crippen LogP contribution in [0.15, 0.2) is 24.3 Å². The number of nitrogens with zero attached hydrogens (tertiary/aromatic N) is 2. The summed E-state index contributed by atoms with van der Waals surface area (Å²) in [6.45, 7) is 1.75. The molecule has 0 atom stereocenters. The van der Waals surface area contributed by atoms with E-state index in [1.165, 1.54) is 0 Å². The minimum Gasteiger partial charge on any atom is -0.367 e. The minimum atomic E-state index is -0.353. The highest BCUT2D eigenvalue weighted by molar-refractivity contribution is 6.44. The van der Waals surface area contributed by atoms with Gasteiger partial charge >= 0.3 is 0 Å². The van der Waals surface area contributed by atoms with Gasteiger partial charge in [0.15, 0.2) is 0 Å². The molecule has 1 amide bonds. The third-order valence-corrected chi connectivity index (χ3v) is 4.02. The van der Waals surface area contributed by atoms with Crippen LogP contribution in [0.5, 0.6) is 0 Å². The van der Waals surface area contributed by atoms with Crippen molar-refractivity contribution in [2.45, 2.75) is 25.8 Å². The van der Waals surface area contributed by atoms with Crippen molar-refractivity contribution >= 4 is 40.6 Å². The summed E-state index contributed by atoms with van der Waals surface area (Å²) in [5.41, 5.74) is 0.735. The number of halogens is 2. The molecule has 0 saturated heterocycles. The first kappa shape index (κ1) is 15.1. The molecule has 114 valence electrons. The first-order chi connectivity index (χ1) is 10.5. The Labute approximate surface area is 138 Å². The second kappa shape index (κ2) is 6.10. The molecule has 2 N–H and O–H groups in total. The number of carbonyl (C=O) groups is 1. The summed E-state index contributed by atoms with van der Waals surface area (Å²) < 4.78 is 0. The molecule has 1 saturated carbocycles. The minimum absolute atomic E-state index is 0.284. The van der Waals surface area contributed by atoms with Crippen molar-refractivity contribution in [3.05, 3.63) is 45.8 Å². The number of carbonyl (C=O) groups excluding carboxylic acids is 1. The van der Waals surface area contributed by atoms with Crippen LogP contribution in [0.2, 0.25) is 10.0 Å². The summed E-state index contributed by atoms with van der Waals surface area (Å²) in [6.07, 6.45) is 2.26. The number of nitrogens with one attached hydrogen (secondary N) is 2. The third-order valence-electron chi connectivity index (χ3n) is 3.20. The topological polar surface area (TPSA) is 66.9 Å². The summed E-state index contributed by atoms with van der Waals surface area (Å²) in [6, 6.07) is 7.15. The molecule has 0 bridgehead atoms.